The Kier molecular flexibility index (Phi) is 3.55. The standard InChI is InChI=1S/C14H19N5/c15-9-10-5-7-12(8-6-10)13(11-3-1-2-4-11)14-16-18-19-17-14/h5-8,11,13H,1-4,9,15H2,(H,16,17,18,19). The molecule has 3 rings (SSSR count). The molecule has 19 heavy (non-hydrogen) atoms. The third kappa shape index (κ3) is 2.51. The van der Waals surface area contributed by atoms with Crippen LogP contribution in [0.5, 0.6) is 0 Å². The summed E-state index contributed by atoms with van der Waals surface area (Å²) >= 11 is 0. The predicted octanol–water partition coefficient (Wildman–Crippen LogP) is 1.98. The van der Waals surface area contributed by atoms with Gasteiger partial charge in [-0.25, -0.2) is 5.10 Å². The molecule has 2 aromatic rings. The van der Waals surface area contributed by atoms with Gasteiger partial charge in [0.2, 0.25) is 0 Å². The lowest BCUT2D eigenvalue weighted by Gasteiger charge is -2.21. The summed E-state index contributed by atoms with van der Waals surface area (Å²) in [6, 6.07) is 8.52. The Bertz CT molecular complexity index is 499. The monoisotopic (exact) mass is 257 g/mol. The molecule has 5 heteroatoms. The summed E-state index contributed by atoms with van der Waals surface area (Å²) in [5.74, 6) is 1.80. The van der Waals surface area contributed by atoms with Gasteiger partial charge < -0.3 is 5.73 Å². The zero-order chi connectivity index (χ0) is 13.1. The highest BCUT2D eigenvalue weighted by Gasteiger charge is 2.30. The molecule has 3 N–H and O–H groups in total. The Balaban J connectivity index is 1.93. The van der Waals surface area contributed by atoms with Crippen molar-refractivity contribution in [3.63, 3.8) is 0 Å². The first kappa shape index (κ1) is 12.3. The van der Waals surface area contributed by atoms with E-state index in [0.717, 1.165) is 11.4 Å². The fourth-order valence-electron chi connectivity index (χ4n) is 3.10. The smallest absolute Gasteiger partial charge is 0.156 e. The number of rotatable bonds is 4. The highest BCUT2D eigenvalue weighted by atomic mass is 15.5. The van der Waals surface area contributed by atoms with Crippen LogP contribution < -0.4 is 5.73 Å². The molecule has 100 valence electrons. The number of hydrogen-bond acceptors (Lipinski definition) is 4. The topological polar surface area (TPSA) is 80.5 Å². The van der Waals surface area contributed by atoms with Crippen LogP contribution in [0.15, 0.2) is 24.3 Å². The van der Waals surface area contributed by atoms with Crippen LogP contribution in [0.2, 0.25) is 0 Å². The molecule has 1 saturated carbocycles. The predicted molar refractivity (Wildman–Crippen MR) is 72.3 cm³/mol. The van der Waals surface area contributed by atoms with Gasteiger partial charge in [0.05, 0.1) is 0 Å². The number of nitrogens with one attached hydrogen (secondary N) is 1. The molecule has 0 spiro atoms. The molecular weight excluding hydrogens is 238 g/mol. The molecule has 1 atom stereocenters. The fraction of sp³-hybridized carbons (Fsp3) is 0.500. The quantitative estimate of drug-likeness (QED) is 0.877. The van der Waals surface area contributed by atoms with Gasteiger partial charge in [-0.1, -0.05) is 37.1 Å². The largest absolute Gasteiger partial charge is 0.326 e. The molecule has 1 aliphatic rings. The number of nitrogens with two attached hydrogens (primary N) is 1. The molecule has 0 saturated heterocycles. The maximum Gasteiger partial charge on any atom is 0.156 e. The summed E-state index contributed by atoms with van der Waals surface area (Å²) in [5, 5.41) is 14.5. The van der Waals surface area contributed by atoms with E-state index in [1.807, 2.05) is 0 Å². The van der Waals surface area contributed by atoms with Gasteiger partial charge in [0.25, 0.3) is 0 Å². The first-order chi connectivity index (χ1) is 9.38. The van der Waals surface area contributed by atoms with Crippen molar-refractivity contribution in [1.29, 1.82) is 0 Å². The van der Waals surface area contributed by atoms with Crippen molar-refractivity contribution in [2.24, 2.45) is 11.7 Å². The zero-order valence-corrected chi connectivity index (χ0v) is 10.9. The molecular formula is C14H19N5. The molecule has 0 bridgehead atoms. The van der Waals surface area contributed by atoms with Crippen LogP contribution in [-0.4, -0.2) is 20.6 Å². The highest BCUT2D eigenvalue weighted by Crippen LogP contribution is 2.39. The number of hydrogen-bond donors (Lipinski definition) is 2. The van der Waals surface area contributed by atoms with Crippen molar-refractivity contribution >= 4 is 0 Å². The summed E-state index contributed by atoms with van der Waals surface area (Å²) in [6.07, 6.45) is 5.13. The van der Waals surface area contributed by atoms with Gasteiger partial charge in [-0.05, 0) is 40.3 Å². The van der Waals surface area contributed by atoms with E-state index < -0.39 is 0 Å². The van der Waals surface area contributed by atoms with Gasteiger partial charge >= 0.3 is 0 Å². The van der Waals surface area contributed by atoms with Crippen LogP contribution in [0.4, 0.5) is 0 Å². The van der Waals surface area contributed by atoms with Crippen molar-refractivity contribution < 1.29 is 0 Å². The van der Waals surface area contributed by atoms with E-state index in [2.05, 4.69) is 44.9 Å². The molecule has 0 amide bonds. The van der Waals surface area contributed by atoms with Crippen LogP contribution in [0.1, 0.15) is 48.6 Å². The summed E-state index contributed by atoms with van der Waals surface area (Å²) in [7, 11) is 0. The van der Waals surface area contributed by atoms with Crippen molar-refractivity contribution in [2.45, 2.75) is 38.1 Å². The third-order valence-corrected chi connectivity index (χ3v) is 4.10. The average molecular weight is 257 g/mol. The lowest BCUT2D eigenvalue weighted by Crippen LogP contribution is -2.13. The number of nitrogens with zero attached hydrogens (tertiary/aromatic N) is 3. The normalized spacial score (nSPS) is 17.7. The molecule has 1 heterocycles. The van der Waals surface area contributed by atoms with E-state index >= 15 is 0 Å². The summed E-state index contributed by atoms with van der Waals surface area (Å²) in [6.45, 7) is 0.582. The minimum absolute atomic E-state index is 0.282. The van der Waals surface area contributed by atoms with E-state index in [0.29, 0.717) is 12.5 Å². The lowest BCUT2D eigenvalue weighted by atomic mass is 9.84. The molecule has 0 aliphatic heterocycles. The first-order valence-electron chi connectivity index (χ1n) is 6.91. The minimum atomic E-state index is 0.282. The van der Waals surface area contributed by atoms with Crippen molar-refractivity contribution in [3.05, 3.63) is 41.2 Å². The average Bonchev–Trinajstić information content (AvgIpc) is 3.13. The van der Waals surface area contributed by atoms with E-state index in [9.17, 15) is 0 Å². The van der Waals surface area contributed by atoms with Crippen LogP contribution in [0.25, 0.3) is 0 Å². The van der Waals surface area contributed by atoms with E-state index in [1.54, 1.807) is 0 Å². The molecule has 5 nitrogen and oxygen atoms in total. The lowest BCUT2D eigenvalue weighted by molar-refractivity contribution is 0.466. The van der Waals surface area contributed by atoms with Crippen LogP contribution in [0.3, 0.4) is 0 Å². The number of aromatic amines is 1. The Morgan fingerprint density at radius 3 is 2.53 bits per heavy atom. The maximum absolute atomic E-state index is 5.65. The number of H-pyrrole nitrogens is 1. The Morgan fingerprint density at radius 2 is 1.95 bits per heavy atom. The van der Waals surface area contributed by atoms with Crippen molar-refractivity contribution in [1.82, 2.24) is 20.6 Å². The zero-order valence-electron chi connectivity index (χ0n) is 10.9. The fourth-order valence-corrected chi connectivity index (χ4v) is 3.10. The van der Waals surface area contributed by atoms with Gasteiger partial charge in [0.1, 0.15) is 0 Å². The summed E-state index contributed by atoms with van der Waals surface area (Å²) < 4.78 is 0. The van der Waals surface area contributed by atoms with Crippen molar-refractivity contribution in [2.75, 3.05) is 0 Å². The van der Waals surface area contributed by atoms with Crippen LogP contribution in [0, 0.1) is 5.92 Å². The number of aromatic nitrogens is 4. The Morgan fingerprint density at radius 1 is 1.21 bits per heavy atom. The number of tetrazole rings is 1. The second-order valence-electron chi connectivity index (χ2n) is 5.25. The minimum Gasteiger partial charge on any atom is -0.326 e. The van der Waals surface area contributed by atoms with Crippen LogP contribution >= 0.6 is 0 Å². The summed E-state index contributed by atoms with van der Waals surface area (Å²) in [5.41, 5.74) is 8.09. The second kappa shape index (κ2) is 5.48. The first-order valence-corrected chi connectivity index (χ1v) is 6.91. The molecule has 1 unspecified atom stereocenters. The molecule has 1 aromatic heterocycles. The maximum atomic E-state index is 5.65. The van der Waals surface area contributed by atoms with Gasteiger partial charge in [0.15, 0.2) is 5.82 Å². The Hall–Kier alpha value is -1.75. The van der Waals surface area contributed by atoms with Gasteiger partial charge in [-0.15, -0.1) is 5.10 Å². The van der Waals surface area contributed by atoms with Gasteiger partial charge in [-0.3, -0.25) is 0 Å². The molecule has 0 radical (unpaired) electrons. The highest BCUT2D eigenvalue weighted by molar-refractivity contribution is 5.29. The second-order valence-corrected chi connectivity index (χ2v) is 5.25. The Labute approximate surface area is 112 Å². The van der Waals surface area contributed by atoms with Gasteiger partial charge in [-0.2, -0.15) is 0 Å². The molecule has 1 aliphatic carbocycles. The van der Waals surface area contributed by atoms with Crippen LogP contribution in [-0.2, 0) is 6.54 Å². The summed E-state index contributed by atoms with van der Waals surface area (Å²) in [4.78, 5) is 0. The van der Waals surface area contributed by atoms with E-state index in [-0.39, 0.29) is 5.92 Å². The number of benzene rings is 1. The van der Waals surface area contributed by atoms with Crippen molar-refractivity contribution in [3.8, 4) is 0 Å². The third-order valence-electron chi connectivity index (χ3n) is 4.10. The van der Waals surface area contributed by atoms with E-state index in [4.69, 9.17) is 5.73 Å². The molecule has 1 aromatic carbocycles. The SMILES string of the molecule is NCc1ccc(C(c2nnn[nH]2)C2CCCC2)cc1. The van der Waals surface area contributed by atoms with Gasteiger partial charge in [0, 0.05) is 12.5 Å². The molecule has 1 fully saturated rings. The van der Waals surface area contributed by atoms with E-state index in [1.165, 1.54) is 31.2 Å².